The van der Waals surface area contributed by atoms with Gasteiger partial charge < -0.3 is 4.42 Å². The summed E-state index contributed by atoms with van der Waals surface area (Å²) >= 11 is 1.39. The second kappa shape index (κ2) is 4.46. The van der Waals surface area contributed by atoms with Crippen molar-refractivity contribution in [3.05, 3.63) is 44.8 Å². The van der Waals surface area contributed by atoms with Gasteiger partial charge in [-0.3, -0.25) is 14.3 Å². The zero-order valence-electron chi connectivity index (χ0n) is 11.5. The van der Waals surface area contributed by atoms with Crippen LogP contribution in [0.25, 0.3) is 20.9 Å². The topological polar surface area (TPSA) is 68.0 Å². The Hall–Kier alpha value is -2.08. The van der Waals surface area contributed by atoms with Gasteiger partial charge in [-0.25, -0.2) is 4.79 Å². The van der Waals surface area contributed by atoms with E-state index in [2.05, 4.69) is 4.98 Å². The molecule has 4 rings (SSSR count). The number of thiophene rings is 1. The Labute approximate surface area is 123 Å². The van der Waals surface area contributed by atoms with E-state index in [0.717, 1.165) is 29.0 Å². The van der Waals surface area contributed by atoms with Crippen LogP contribution in [0.1, 0.15) is 18.4 Å². The van der Waals surface area contributed by atoms with Gasteiger partial charge in [0, 0.05) is 6.54 Å². The summed E-state index contributed by atoms with van der Waals surface area (Å²) in [6.07, 6.45) is 3.81. The zero-order valence-corrected chi connectivity index (χ0v) is 12.3. The van der Waals surface area contributed by atoms with Crippen molar-refractivity contribution in [3.8, 4) is 10.6 Å². The van der Waals surface area contributed by atoms with Crippen LogP contribution in [0.3, 0.4) is 0 Å². The summed E-state index contributed by atoms with van der Waals surface area (Å²) < 4.78 is 6.75. The lowest BCUT2D eigenvalue weighted by molar-refractivity contribution is 0.581. The molecule has 1 N–H and O–H groups in total. The molecule has 1 aliphatic carbocycles. The second-order valence-electron chi connectivity index (χ2n) is 5.53. The highest BCUT2D eigenvalue weighted by Crippen LogP contribution is 2.35. The summed E-state index contributed by atoms with van der Waals surface area (Å²) in [5.41, 5.74) is 0.370. The van der Waals surface area contributed by atoms with E-state index in [0.29, 0.717) is 22.7 Å². The predicted molar refractivity (Wildman–Crippen MR) is 81.9 cm³/mol. The van der Waals surface area contributed by atoms with E-state index in [1.807, 2.05) is 19.1 Å². The average Bonchev–Trinajstić information content (AvgIpc) is 2.98. The number of hydrogen-bond acceptors (Lipinski definition) is 4. The maximum absolute atomic E-state index is 12.6. The van der Waals surface area contributed by atoms with Crippen LogP contribution in [0.5, 0.6) is 0 Å². The van der Waals surface area contributed by atoms with Crippen molar-refractivity contribution in [1.82, 2.24) is 9.55 Å². The molecule has 0 unspecified atom stereocenters. The summed E-state index contributed by atoms with van der Waals surface area (Å²) in [6, 6.07) is 3.67. The molecule has 0 aromatic carbocycles. The number of aromatic amines is 1. The fourth-order valence-electron chi connectivity index (χ4n) is 2.62. The molecule has 0 amide bonds. The molecule has 5 nitrogen and oxygen atoms in total. The van der Waals surface area contributed by atoms with E-state index in [-0.39, 0.29) is 11.2 Å². The van der Waals surface area contributed by atoms with E-state index in [1.165, 1.54) is 15.9 Å². The summed E-state index contributed by atoms with van der Waals surface area (Å²) in [6.45, 7) is 2.42. The highest BCUT2D eigenvalue weighted by molar-refractivity contribution is 7.22. The monoisotopic (exact) mass is 302 g/mol. The van der Waals surface area contributed by atoms with Gasteiger partial charge in [-0.1, -0.05) is 0 Å². The minimum atomic E-state index is -0.313. The predicted octanol–water partition coefficient (Wildman–Crippen LogP) is 2.73. The minimum absolute atomic E-state index is 0.188. The highest BCUT2D eigenvalue weighted by Gasteiger charge is 2.25. The van der Waals surface area contributed by atoms with Crippen LogP contribution < -0.4 is 11.2 Å². The zero-order chi connectivity index (χ0) is 14.6. The molecule has 108 valence electrons. The first-order valence-electron chi connectivity index (χ1n) is 6.95. The molecule has 0 saturated heterocycles. The molecule has 0 aliphatic heterocycles. The summed E-state index contributed by atoms with van der Waals surface area (Å²) in [4.78, 5) is 29.1. The van der Waals surface area contributed by atoms with Crippen LogP contribution >= 0.6 is 11.3 Å². The Morgan fingerprint density at radius 3 is 2.90 bits per heavy atom. The summed E-state index contributed by atoms with van der Waals surface area (Å²) in [7, 11) is 0. The molecule has 0 radical (unpaired) electrons. The van der Waals surface area contributed by atoms with E-state index in [9.17, 15) is 9.59 Å². The van der Waals surface area contributed by atoms with Gasteiger partial charge in [0.15, 0.2) is 0 Å². The van der Waals surface area contributed by atoms with Crippen molar-refractivity contribution in [2.45, 2.75) is 26.3 Å². The lowest BCUT2D eigenvalue weighted by Crippen LogP contribution is -2.35. The fourth-order valence-corrected chi connectivity index (χ4v) is 3.77. The Morgan fingerprint density at radius 2 is 2.24 bits per heavy atom. The molecular weight excluding hydrogens is 288 g/mol. The van der Waals surface area contributed by atoms with E-state index >= 15 is 0 Å². The first-order chi connectivity index (χ1) is 10.1. The maximum Gasteiger partial charge on any atom is 0.329 e. The normalized spacial score (nSPS) is 14.9. The largest absolute Gasteiger partial charge is 0.464 e. The first kappa shape index (κ1) is 12.6. The van der Waals surface area contributed by atoms with Crippen LogP contribution in [-0.2, 0) is 6.54 Å². The van der Waals surface area contributed by atoms with E-state index in [1.54, 1.807) is 6.26 Å². The Morgan fingerprint density at radius 1 is 1.43 bits per heavy atom. The number of H-pyrrole nitrogens is 1. The molecular formula is C15H14N2O3S. The quantitative estimate of drug-likeness (QED) is 0.809. The van der Waals surface area contributed by atoms with Crippen molar-refractivity contribution in [1.29, 1.82) is 0 Å². The number of aromatic nitrogens is 2. The number of furan rings is 1. The van der Waals surface area contributed by atoms with Crippen molar-refractivity contribution in [3.63, 3.8) is 0 Å². The fraction of sp³-hybridized carbons (Fsp3) is 0.333. The van der Waals surface area contributed by atoms with E-state index in [4.69, 9.17) is 4.42 Å². The first-order valence-corrected chi connectivity index (χ1v) is 7.77. The van der Waals surface area contributed by atoms with Gasteiger partial charge in [0.05, 0.1) is 16.5 Å². The van der Waals surface area contributed by atoms with Crippen LogP contribution in [-0.4, -0.2) is 9.55 Å². The third-order valence-corrected chi connectivity index (χ3v) is 5.18. The molecule has 0 spiro atoms. The van der Waals surface area contributed by atoms with Crippen LogP contribution in [0.15, 0.2) is 32.4 Å². The smallest absolute Gasteiger partial charge is 0.329 e. The number of hydrogen-bond donors (Lipinski definition) is 1. The third kappa shape index (κ3) is 1.98. The molecule has 1 aliphatic rings. The second-order valence-corrected chi connectivity index (χ2v) is 6.55. The van der Waals surface area contributed by atoms with Crippen LogP contribution in [0, 0.1) is 12.8 Å². The Bertz CT molecular complexity index is 926. The lowest BCUT2D eigenvalue weighted by atomic mass is 10.2. The number of rotatable bonds is 3. The molecule has 1 saturated carbocycles. The molecule has 21 heavy (non-hydrogen) atoms. The van der Waals surface area contributed by atoms with Crippen molar-refractivity contribution in [2.75, 3.05) is 0 Å². The molecule has 3 aromatic rings. The number of nitrogens with one attached hydrogen (secondary N) is 1. The van der Waals surface area contributed by atoms with Crippen molar-refractivity contribution in [2.24, 2.45) is 5.92 Å². The van der Waals surface area contributed by atoms with Crippen LogP contribution in [0.2, 0.25) is 0 Å². The molecule has 3 aromatic heterocycles. The third-order valence-electron chi connectivity index (χ3n) is 3.95. The number of fused-ring (bicyclic) bond motifs is 1. The molecule has 1 fully saturated rings. The molecule has 0 atom stereocenters. The Balaban J connectivity index is 1.98. The lowest BCUT2D eigenvalue weighted by Gasteiger charge is -2.03. The van der Waals surface area contributed by atoms with Crippen molar-refractivity contribution >= 4 is 21.6 Å². The number of aryl methyl sites for hydroxylation is 1. The molecule has 6 heteroatoms. The minimum Gasteiger partial charge on any atom is -0.464 e. The summed E-state index contributed by atoms with van der Waals surface area (Å²) in [5.74, 6) is 1.20. The molecule has 3 heterocycles. The summed E-state index contributed by atoms with van der Waals surface area (Å²) in [5, 5.41) is 0.603. The Kier molecular flexibility index (Phi) is 2.68. The van der Waals surface area contributed by atoms with Gasteiger partial charge in [0.25, 0.3) is 5.56 Å². The van der Waals surface area contributed by atoms with Crippen molar-refractivity contribution < 1.29 is 4.42 Å². The highest BCUT2D eigenvalue weighted by atomic mass is 32.1. The standard InChI is InChI=1S/C15H14N2O3S/c1-8-11-13(21-12(8)10-3-2-6-20-10)16-15(19)17(14(11)18)7-9-4-5-9/h2-3,6,9H,4-5,7H2,1H3,(H,16,19). The van der Waals surface area contributed by atoms with Gasteiger partial charge in [-0.15, -0.1) is 11.3 Å². The number of nitrogens with zero attached hydrogens (tertiary/aromatic N) is 1. The van der Waals surface area contributed by atoms with Gasteiger partial charge in [0.1, 0.15) is 10.6 Å². The maximum atomic E-state index is 12.6. The van der Waals surface area contributed by atoms with Gasteiger partial charge >= 0.3 is 5.69 Å². The molecule has 0 bridgehead atoms. The average molecular weight is 302 g/mol. The van der Waals surface area contributed by atoms with Crippen LogP contribution in [0.4, 0.5) is 0 Å². The van der Waals surface area contributed by atoms with Gasteiger partial charge in [-0.05, 0) is 43.4 Å². The van der Waals surface area contributed by atoms with E-state index < -0.39 is 0 Å². The van der Waals surface area contributed by atoms with Gasteiger partial charge in [-0.2, -0.15) is 0 Å². The SMILES string of the molecule is Cc1c(-c2ccco2)sc2[nH]c(=O)n(CC3CC3)c(=O)c12. The van der Waals surface area contributed by atoms with Gasteiger partial charge in [0.2, 0.25) is 0 Å².